The van der Waals surface area contributed by atoms with Crippen molar-refractivity contribution in [1.29, 1.82) is 0 Å². The molecule has 0 aliphatic carbocycles. The van der Waals surface area contributed by atoms with Gasteiger partial charge >= 0.3 is 0 Å². The van der Waals surface area contributed by atoms with Crippen molar-refractivity contribution in [3.05, 3.63) is 16.5 Å². The number of halogens is 1. The third-order valence-electron chi connectivity index (χ3n) is 2.72. The van der Waals surface area contributed by atoms with Crippen LogP contribution in [0.5, 0.6) is 0 Å². The molecule has 0 saturated heterocycles. The molecule has 0 saturated carbocycles. The maximum Gasteiger partial charge on any atom is 0.173 e. The highest BCUT2D eigenvalue weighted by Crippen LogP contribution is 2.26. The quantitative estimate of drug-likeness (QED) is 0.667. The van der Waals surface area contributed by atoms with E-state index in [2.05, 4.69) is 15.3 Å². The molecule has 1 aromatic heterocycles. The molecule has 0 aliphatic rings. The highest BCUT2D eigenvalue weighted by molar-refractivity contribution is 6.30. The maximum absolute atomic E-state index is 6.15. The lowest BCUT2D eigenvalue weighted by atomic mass is 9.95. The molecule has 0 atom stereocenters. The Morgan fingerprint density at radius 1 is 1.21 bits per heavy atom. The van der Waals surface area contributed by atoms with E-state index < -0.39 is 0 Å². The number of nitrogens with one attached hydrogen (secondary N) is 1. The van der Waals surface area contributed by atoms with Crippen molar-refractivity contribution in [3.63, 3.8) is 0 Å². The number of aromatic nitrogens is 2. The summed E-state index contributed by atoms with van der Waals surface area (Å²) in [5.74, 6) is 1.42. The Bertz CT molecular complexity index is 429. The number of hydrogen-bond acceptors (Lipinski definition) is 5. The summed E-state index contributed by atoms with van der Waals surface area (Å²) in [4.78, 5) is 8.85. The lowest BCUT2D eigenvalue weighted by Crippen LogP contribution is -2.25. The summed E-state index contributed by atoms with van der Waals surface area (Å²) in [5.41, 5.74) is 0.663. The molecule has 1 rings (SSSR count). The molecule has 0 radical (unpaired) electrons. The Morgan fingerprint density at radius 3 is 2.26 bits per heavy atom. The summed E-state index contributed by atoms with van der Waals surface area (Å²) in [7, 11) is 3.19. The summed E-state index contributed by atoms with van der Waals surface area (Å²) in [6, 6.07) is 0. The molecular weight excluding hydrogens is 266 g/mol. The van der Waals surface area contributed by atoms with Gasteiger partial charge in [0.05, 0.1) is 6.54 Å². The summed E-state index contributed by atoms with van der Waals surface area (Å²) in [5, 5.41) is 3.65. The zero-order valence-electron chi connectivity index (χ0n) is 12.4. The summed E-state index contributed by atoms with van der Waals surface area (Å²) in [6.07, 6.45) is -0.328. The number of rotatable bonds is 5. The lowest BCUT2D eigenvalue weighted by molar-refractivity contribution is -0.0914. The van der Waals surface area contributed by atoms with Gasteiger partial charge in [0.1, 0.15) is 16.8 Å². The topological polar surface area (TPSA) is 56.3 Å². The fraction of sp³-hybridized carbons (Fsp3) is 0.692. The van der Waals surface area contributed by atoms with E-state index in [0.717, 1.165) is 5.56 Å². The maximum atomic E-state index is 6.15. The van der Waals surface area contributed by atoms with Gasteiger partial charge in [0.25, 0.3) is 0 Å². The minimum atomic E-state index is -0.328. The van der Waals surface area contributed by atoms with Crippen molar-refractivity contribution in [2.45, 2.75) is 39.4 Å². The molecule has 19 heavy (non-hydrogen) atoms. The average molecular weight is 288 g/mol. The first kappa shape index (κ1) is 16.1. The predicted octanol–water partition coefficient (Wildman–Crippen LogP) is 2.77. The standard InChI is InChI=1S/C13H22ClN3O2/c1-8-10(14)16-12(13(2,3)4)17-11(8)15-7-9(18-5)19-6/h9H,7H2,1-6H3,(H,15,16,17). The Kier molecular flexibility index (Phi) is 5.52. The fourth-order valence-electron chi connectivity index (χ4n) is 1.44. The first-order valence-electron chi connectivity index (χ1n) is 6.13. The molecule has 1 N–H and O–H groups in total. The van der Waals surface area contributed by atoms with Crippen LogP contribution in [0.3, 0.4) is 0 Å². The largest absolute Gasteiger partial charge is 0.365 e. The number of anilines is 1. The van der Waals surface area contributed by atoms with Gasteiger partial charge in [-0.05, 0) is 6.92 Å². The molecule has 6 heteroatoms. The van der Waals surface area contributed by atoms with Crippen molar-refractivity contribution in [2.75, 3.05) is 26.1 Å². The number of hydrogen-bond donors (Lipinski definition) is 1. The first-order chi connectivity index (χ1) is 8.79. The van der Waals surface area contributed by atoms with Crippen molar-refractivity contribution >= 4 is 17.4 Å². The average Bonchev–Trinajstić information content (AvgIpc) is 2.33. The Morgan fingerprint density at radius 2 is 1.79 bits per heavy atom. The SMILES string of the molecule is COC(CNc1nc(C(C)(C)C)nc(Cl)c1C)OC. The molecule has 0 aromatic carbocycles. The summed E-state index contributed by atoms with van der Waals surface area (Å²) in [6.45, 7) is 8.51. The van der Waals surface area contributed by atoms with Crippen molar-refractivity contribution in [3.8, 4) is 0 Å². The third-order valence-corrected chi connectivity index (χ3v) is 3.09. The smallest absolute Gasteiger partial charge is 0.173 e. The van der Waals surface area contributed by atoms with E-state index in [0.29, 0.717) is 23.3 Å². The molecule has 0 unspecified atom stereocenters. The van der Waals surface area contributed by atoms with Crippen LogP contribution in [-0.2, 0) is 14.9 Å². The van der Waals surface area contributed by atoms with Crippen LogP contribution in [0.15, 0.2) is 0 Å². The second-order valence-electron chi connectivity index (χ2n) is 5.34. The predicted molar refractivity (Wildman–Crippen MR) is 76.8 cm³/mol. The number of nitrogens with zero attached hydrogens (tertiary/aromatic N) is 2. The Labute approximate surface area is 119 Å². The van der Waals surface area contributed by atoms with Gasteiger partial charge in [-0.2, -0.15) is 0 Å². The van der Waals surface area contributed by atoms with E-state index in [1.807, 2.05) is 27.7 Å². The van der Waals surface area contributed by atoms with Crippen LogP contribution in [0.1, 0.15) is 32.2 Å². The second-order valence-corrected chi connectivity index (χ2v) is 5.70. The van der Waals surface area contributed by atoms with E-state index >= 15 is 0 Å². The van der Waals surface area contributed by atoms with Crippen LogP contribution in [0.4, 0.5) is 5.82 Å². The molecule has 0 aliphatic heterocycles. The molecule has 5 nitrogen and oxygen atoms in total. The van der Waals surface area contributed by atoms with Gasteiger partial charge in [-0.25, -0.2) is 9.97 Å². The monoisotopic (exact) mass is 287 g/mol. The molecule has 0 spiro atoms. The Hall–Kier alpha value is -0.910. The zero-order chi connectivity index (χ0) is 14.6. The van der Waals surface area contributed by atoms with Crippen molar-refractivity contribution in [2.24, 2.45) is 0 Å². The van der Waals surface area contributed by atoms with E-state index in [4.69, 9.17) is 21.1 Å². The molecule has 1 aromatic rings. The van der Waals surface area contributed by atoms with Crippen LogP contribution in [0, 0.1) is 6.92 Å². The zero-order valence-corrected chi connectivity index (χ0v) is 13.1. The molecule has 0 amide bonds. The van der Waals surface area contributed by atoms with Crippen molar-refractivity contribution in [1.82, 2.24) is 9.97 Å². The summed E-state index contributed by atoms with van der Waals surface area (Å²) >= 11 is 6.15. The highest BCUT2D eigenvalue weighted by Gasteiger charge is 2.20. The van der Waals surface area contributed by atoms with Gasteiger partial charge in [0.15, 0.2) is 6.29 Å². The van der Waals surface area contributed by atoms with Gasteiger partial charge in [0.2, 0.25) is 0 Å². The summed E-state index contributed by atoms with van der Waals surface area (Å²) < 4.78 is 10.3. The van der Waals surface area contributed by atoms with E-state index in [9.17, 15) is 0 Å². The van der Waals surface area contributed by atoms with Gasteiger partial charge in [-0.3, -0.25) is 0 Å². The van der Waals surface area contributed by atoms with Crippen molar-refractivity contribution < 1.29 is 9.47 Å². The third kappa shape index (κ3) is 4.30. The number of methoxy groups -OCH3 is 2. The number of ether oxygens (including phenoxy) is 2. The van der Waals surface area contributed by atoms with E-state index in [-0.39, 0.29) is 11.7 Å². The van der Waals surface area contributed by atoms with Crippen LogP contribution in [0.25, 0.3) is 0 Å². The molecule has 1 heterocycles. The van der Waals surface area contributed by atoms with Crippen LogP contribution in [0.2, 0.25) is 5.15 Å². The highest BCUT2D eigenvalue weighted by atomic mass is 35.5. The van der Waals surface area contributed by atoms with Gasteiger partial charge in [0, 0.05) is 25.2 Å². The minimum Gasteiger partial charge on any atom is -0.365 e. The molecule has 0 fully saturated rings. The Balaban J connectivity index is 2.97. The normalized spacial score (nSPS) is 12.0. The molecule has 0 bridgehead atoms. The van der Waals surface area contributed by atoms with E-state index in [1.165, 1.54) is 0 Å². The lowest BCUT2D eigenvalue weighted by Gasteiger charge is -2.20. The fourth-order valence-corrected chi connectivity index (χ4v) is 1.61. The van der Waals surface area contributed by atoms with Gasteiger partial charge in [-0.15, -0.1) is 0 Å². The van der Waals surface area contributed by atoms with Gasteiger partial charge in [-0.1, -0.05) is 32.4 Å². The molecular formula is C13H22ClN3O2. The van der Waals surface area contributed by atoms with E-state index in [1.54, 1.807) is 14.2 Å². The van der Waals surface area contributed by atoms with Gasteiger partial charge < -0.3 is 14.8 Å². The van der Waals surface area contributed by atoms with Crippen LogP contribution < -0.4 is 5.32 Å². The van der Waals surface area contributed by atoms with Crippen LogP contribution >= 0.6 is 11.6 Å². The van der Waals surface area contributed by atoms with Crippen LogP contribution in [-0.4, -0.2) is 37.0 Å². The molecule has 108 valence electrons. The second kappa shape index (κ2) is 6.50. The minimum absolute atomic E-state index is 0.157. The first-order valence-corrected chi connectivity index (χ1v) is 6.51.